The summed E-state index contributed by atoms with van der Waals surface area (Å²) in [5.41, 5.74) is 0.288. The van der Waals surface area contributed by atoms with Gasteiger partial charge in [-0.1, -0.05) is 32.0 Å². The highest BCUT2D eigenvalue weighted by Crippen LogP contribution is 2.39. The lowest BCUT2D eigenvalue weighted by molar-refractivity contribution is 0.0136. The molecule has 1 aliphatic rings. The van der Waals surface area contributed by atoms with Gasteiger partial charge < -0.3 is 10.2 Å². The zero-order valence-electron chi connectivity index (χ0n) is 12.7. The number of nitrogens with zero attached hydrogens (tertiary/aromatic N) is 2. The van der Waals surface area contributed by atoms with Crippen molar-refractivity contribution in [2.45, 2.75) is 38.5 Å². The number of benzene rings is 1. The van der Waals surface area contributed by atoms with Gasteiger partial charge in [0.25, 0.3) is 5.91 Å². The first-order valence-electron chi connectivity index (χ1n) is 7.56. The lowest BCUT2D eigenvalue weighted by atomic mass is 9.99. The van der Waals surface area contributed by atoms with Crippen molar-refractivity contribution < 1.29 is 15.0 Å². The topological polar surface area (TPSA) is 65.7 Å². The van der Waals surface area contributed by atoms with Crippen LogP contribution in [0.25, 0.3) is 0 Å². The van der Waals surface area contributed by atoms with Crippen LogP contribution < -0.4 is 5.01 Å². The smallest absolute Gasteiger partial charge is 0.276 e. The number of hydrogen-bond acceptors (Lipinski definition) is 3. The zero-order chi connectivity index (χ0) is 15.9. The highest BCUT2D eigenvalue weighted by atomic mass is 16.3. The fourth-order valence-corrected chi connectivity index (χ4v) is 3.07. The average Bonchev–Trinajstić information content (AvgIpc) is 3.10. The van der Waals surface area contributed by atoms with Gasteiger partial charge in [-0.2, -0.15) is 0 Å². The van der Waals surface area contributed by atoms with Crippen molar-refractivity contribution in [1.29, 1.82) is 0 Å². The van der Waals surface area contributed by atoms with Crippen LogP contribution in [-0.2, 0) is 5.72 Å². The maximum absolute atomic E-state index is 12.8. The molecule has 1 amide bonds. The Morgan fingerprint density at radius 1 is 1.18 bits per heavy atom. The maximum atomic E-state index is 12.8. The third-order valence-corrected chi connectivity index (χ3v) is 4.33. The highest BCUT2D eigenvalue weighted by molar-refractivity contribution is 6.07. The Bertz CT molecular complexity index is 709. The summed E-state index contributed by atoms with van der Waals surface area (Å²) in [6.07, 6.45) is 1.89. The predicted molar refractivity (Wildman–Crippen MR) is 82.9 cm³/mol. The third kappa shape index (κ3) is 1.90. The van der Waals surface area contributed by atoms with E-state index in [1.807, 2.05) is 19.9 Å². The van der Waals surface area contributed by atoms with E-state index < -0.39 is 11.8 Å². The number of aromatic nitrogens is 1. The van der Waals surface area contributed by atoms with Crippen LogP contribution >= 0.6 is 0 Å². The summed E-state index contributed by atoms with van der Waals surface area (Å²) in [7, 11) is 0. The highest BCUT2D eigenvalue weighted by Gasteiger charge is 2.49. The van der Waals surface area contributed by atoms with E-state index in [-0.39, 0.29) is 5.91 Å². The van der Waals surface area contributed by atoms with E-state index in [0.29, 0.717) is 29.7 Å². The number of rotatable bonds is 4. The minimum atomic E-state index is -1.41. The first-order valence-corrected chi connectivity index (χ1v) is 7.56. The fraction of sp³-hybridized carbons (Fsp3) is 0.353. The molecule has 1 aliphatic heterocycles. The summed E-state index contributed by atoms with van der Waals surface area (Å²) in [4.78, 5) is 12.8. The molecule has 0 fully saturated rings. The molecule has 2 atom stereocenters. The maximum Gasteiger partial charge on any atom is 0.276 e. The molecule has 1 aromatic heterocycles. The van der Waals surface area contributed by atoms with Crippen LogP contribution in [0, 0.1) is 0 Å². The van der Waals surface area contributed by atoms with Gasteiger partial charge in [-0.15, -0.1) is 0 Å². The van der Waals surface area contributed by atoms with E-state index in [0.717, 1.165) is 0 Å². The van der Waals surface area contributed by atoms with Gasteiger partial charge >= 0.3 is 0 Å². The van der Waals surface area contributed by atoms with E-state index in [9.17, 15) is 15.0 Å². The fourth-order valence-electron chi connectivity index (χ4n) is 3.07. The van der Waals surface area contributed by atoms with Crippen molar-refractivity contribution in [1.82, 2.24) is 4.68 Å². The second kappa shape index (κ2) is 5.26. The number of aliphatic hydroxyl groups excluding tert-OH is 1. The molecule has 0 spiro atoms. The molecule has 5 nitrogen and oxygen atoms in total. The van der Waals surface area contributed by atoms with Gasteiger partial charge in [-0.25, -0.2) is 5.01 Å². The van der Waals surface area contributed by atoms with E-state index in [1.165, 1.54) is 5.01 Å². The van der Waals surface area contributed by atoms with Crippen LogP contribution in [0.2, 0.25) is 0 Å². The molecule has 0 aliphatic carbocycles. The van der Waals surface area contributed by atoms with E-state index in [1.54, 1.807) is 41.2 Å². The Hall–Kier alpha value is -2.11. The molecule has 22 heavy (non-hydrogen) atoms. The molecule has 5 heteroatoms. The Morgan fingerprint density at radius 3 is 2.59 bits per heavy atom. The van der Waals surface area contributed by atoms with Gasteiger partial charge in [0, 0.05) is 17.3 Å². The summed E-state index contributed by atoms with van der Waals surface area (Å²) in [5.74, 6) is -0.263. The molecule has 2 heterocycles. The Kier molecular flexibility index (Phi) is 3.54. The quantitative estimate of drug-likeness (QED) is 0.910. The average molecular weight is 300 g/mol. The van der Waals surface area contributed by atoms with Crippen molar-refractivity contribution in [2.24, 2.45) is 0 Å². The largest absolute Gasteiger partial charge is 0.387 e. The summed E-state index contributed by atoms with van der Waals surface area (Å²) in [6, 6.07) is 10.6. The molecule has 0 radical (unpaired) electrons. The number of aliphatic hydroxyl groups is 2. The lowest BCUT2D eigenvalue weighted by Crippen LogP contribution is -2.51. The number of hydrogen-bond donors (Lipinski definition) is 2. The second-order valence-electron chi connectivity index (χ2n) is 5.53. The first-order chi connectivity index (χ1) is 10.5. The van der Waals surface area contributed by atoms with Crippen LogP contribution in [0.15, 0.2) is 42.6 Å². The van der Waals surface area contributed by atoms with Crippen LogP contribution in [0.1, 0.15) is 54.4 Å². The molecule has 2 N–H and O–H groups in total. The van der Waals surface area contributed by atoms with Crippen molar-refractivity contribution in [3.63, 3.8) is 0 Å². The molecule has 2 unspecified atom stereocenters. The second-order valence-corrected chi connectivity index (χ2v) is 5.53. The van der Waals surface area contributed by atoms with Crippen molar-refractivity contribution in [3.8, 4) is 0 Å². The van der Waals surface area contributed by atoms with Crippen molar-refractivity contribution >= 4 is 5.91 Å². The minimum absolute atomic E-state index is 0.263. The lowest BCUT2D eigenvalue weighted by Gasteiger charge is -2.35. The summed E-state index contributed by atoms with van der Waals surface area (Å²) >= 11 is 0. The summed E-state index contributed by atoms with van der Waals surface area (Å²) < 4.78 is 1.57. The molecule has 116 valence electrons. The Labute approximate surface area is 129 Å². The van der Waals surface area contributed by atoms with Crippen LogP contribution in [0.3, 0.4) is 0 Å². The predicted octanol–water partition coefficient (Wildman–Crippen LogP) is 2.28. The van der Waals surface area contributed by atoms with Crippen molar-refractivity contribution in [2.75, 3.05) is 5.01 Å². The minimum Gasteiger partial charge on any atom is -0.387 e. The van der Waals surface area contributed by atoms with Gasteiger partial charge in [0.1, 0.15) is 0 Å². The molecule has 0 bridgehead atoms. The molecule has 3 rings (SSSR count). The van der Waals surface area contributed by atoms with Gasteiger partial charge in [-0.05, 0) is 31.0 Å². The van der Waals surface area contributed by atoms with Crippen LogP contribution in [-0.4, -0.2) is 20.8 Å². The number of amides is 1. The third-order valence-electron chi connectivity index (χ3n) is 4.33. The van der Waals surface area contributed by atoms with Gasteiger partial charge in [0.15, 0.2) is 5.72 Å². The normalized spacial score (nSPS) is 22.0. The van der Waals surface area contributed by atoms with Crippen molar-refractivity contribution in [3.05, 3.63) is 59.4 Å². The van der Waals surface area contributed by atoms with Crippen LogP contribution in [0.5, 0.6) is 0 Å². The summed E-state index contributed by atoms with van der Waals surface area (Å²) in [6.45, 7) is 3.70. The standard InChI is InChI=1S/C17H20N2O3/c1-3-15(20)14-10-7-11-18(14)19-16(21)12-8-5-6-9-13(12)17(19,22)4-2/h5-11,15,20,22H,3-4H2,1-2H3. The number of carbonyl (C=O) groups is 1. The van der Waals surface area contributed by atoms with Gasteiger partial charge in [-0.3, -0.25) is 9.47 Å². The molecular weight excluding hydrogens is 280 g/mol. The monoisotopic (exact) mass is 300 g/mol. The zero-order valence-corrected chi connectivity index (χ0v) is 12.7. The number of carbonyl (C=O) groups excluding carboxylic acids is 1. The molecule has 0 saturated heterocycles. The van der Waals surface area contributed by atoms with E-state index >= 15 is 0 Å². The SMILES string of the molecule is CCC(O)c1cccn1N1C(=O)c2ccccc2C1(O)CC. The Balaban J connectivity index is 2.16. The van der Waals surface area contributed by atoms with Crippen LogP contribution in [0.4, 0.5) is 0 Å². The molecule has 0 saturated carbocycles. The number of fused-ring (bicyclic) bond motifs is 1. The van der Waals surface area contributed by atoms with E-state index in [2.05, 4.69) is 0 Å². The summed E-state index contributed by atoms with van der Waals surface area (Å²) in [5, 5.41) is 22.6. The molecule has 2 aromatic rings. The van der Waals surface area contributed by atoms with Gasteiger partial charge in [0.05, 0.1) is 11.8 Å². The Morgan fingerprint density at radius 2 is 1.91 bits per heavy atom. The van der Waals surface area contributed by atoms with Gasteiger partial charge in [0.2, 0.25) is 0 Å². The van der Waals surface area contributed by atoms with E-state index in [4.69, 9.17) is 0 Å². The molecular formula is C17H20N2O3. The first kappa shape index (κ1) is 14.8. The molecule has 1 aromatic carbocycles.